The number of carbonyl (C=O) groups excluding carboxylic acids is 1. The summed E-state index contributed by atoms with van der Waals surface area (Å²) in [6.45, 7) is 2.46. The zero-order valence-corrected chi connectivity index (χ0v) is 12.5. The average molecular weight is 297 g/mol. The number of rotatable bonds is 5. The summed E-state index contributed by atoms with van der Waals surface area (Å²) in [5.74, 6) is 0.922. The molecule has 1 amide bonds. The monoisotopic (exact) mass is 296 g/mol. The van der Waals surface area contributed by atoms with Crippen molar-refractivity contribution in [1.29, 1.82) is 0 Å². The summed E-state index contributed by atoms with van der Waals surface area (Å²) in [7, 11) is 0. The van der Waals surface area contributed by atoms with Gasteiger partial charge in [0, 0.05) is 18.2 Å². The molecular formula is C15H21ClN2O2. The predicted octanol–water partition coefficient (Wildman–Crippen LogP) is 3.19. The van der Waals surface area contributed by atoms with Crippen LogP contribution in [0.15, 0.2) is 18.2 Å². The molecule has 0 radical (unpaired) electrons. The van der Waals surface area contributed by atoms with E-state index < -0.39 is 0 Å². The third-order valence-corrected chi connectivity index (χ3v) is 3.98. The minimum absolute atomic E-state index is 0.00687. The molecule has 1 fully saturated rings. The maximum atomic E-state index is 12.0. The Balaban J connectivity index is 1.92. The topological polar surface area (TPSA) is 64.3 Å². The molecule has 1 aliphatic carbocycles. The van der Waals surface area contributed by atoms with Crippen molar-refractivity contribution in [3.63, 3.8) is 0 Å². The van der Waals surface area contributed by atoms with Gasteiger partial charge in [0.25, 0.3) is 0 Å². The first-order valence-corrected chi connectivity index (χ1v) is 7.45. The summed E-state index contributed by atoms with van der Waals surface area (Å²) >= 11 is 6.09. The van der Waals surface area contributed by atoms with Gasteiger partial charge in [-0.15, -0.1) is 0 Å². The Morgan fingerprint density at radius 2 is 2.30 bits per heavy atom. The van der Waals surface area contributed by atoms with E-state index in [1.807, 2.05) is 6.92 Å². The number of nitrogens with one attached hydrogen (secondary N) is 1. The van der Waals surface area contributed by atoms with E-state index in [-0.39, 0.29) is 11.9 Å². The smallest absolute Gasteiger partial charge is 0.224 e. The van der Waals surface area contributed by atoms with Crippen LogP contribution in [-0.2, 0) is 4.79 Å². The highest BCUT2D eigenvalue weighted by Gasteiger charge is 2.26. The van der Waals surface area contributed by atoms with Gasteiger partial charge in [-0.05, 0) is 43.9 Å². The lowest BCUT2D eigenvalue weighted by atomic mass is 10.00. The summed E-state index contributed by atoms with van der Waals surface area (Å²) in [6.07, 6.45) is 3.66. The van der Waals surface area contributed by atoms with Crippen molar-refractivity contribution >= 4 is 23.2 Å². The zero-order valence-electron chi connectivity index (χ0n) is 11.7. The van der Waals surface area contributed by atoms with Crippen LogP contribution in [0.25, 0.3) is 0 Å². The number of hydrogen-bond donors (Lipinski definition) is 2. The lowest BCUT2D eigenvalue weighted by Gasteiger charge is -2.15. The van der Waals surface area contributed by atoms with Gasteiger partial charge in [-0.3, -0.25) is 4.79 Å². The molecule has 0 bridgehead atoms. The number of ether oxygens (including phenoxy) is 1. The van der Waals surface area contributed by atoms with E-state index in [4.69, 9.17) is 22.1 Å². The Morgan fingerprint density at radius 3 is 2.90 bits per heavy atom. The van der Waals surface area contributed by atoms with Crippen LogP contribution < -0.4 is 15.8 Å². The molecule has 110 valence electrons. The Hall–Kier alpha value is -1.26. The first-order valence-electron chi connectivity index (χ1n) is 7.08. The van der Waals surface area contributed by atoms with Crippen LogP contribution in [0.2, 0.25) is 5.02 Å². The number of amides is 1. The van der Waals surface area contributed by atoms with E-state index in [0.29, 0.717) is 35.4 Å². The van der Waals surface area contributed by atoms with Crippen LogP contribution in [0, 0.1) is 5.92 Å². The molecule has 2 rings (SSSR count). The minimum atomic E-state index is -0.00687. The number of carbonyl (C=O) groups is 1. The SMILES string of the molecule is CCOc1ccc(NC(=O)C[C@@H]2CCC[C@H]2N)cc1Cl. The maximum absolute atomic E-state index is 12.0. The molecule has 0 saturated heterocycles. The molecule has 1 aliphatic rings. The van der Waals surface area contributed by atoms with Gasteiger partial charge in [-0.2, -0.15) is 0 Å². The molecule has 0 aliphatic heterocycles. The van der Waals surface area contributed by atoms with Crippen LogP contribution in [0.3, 0.4) is 0 Å². The van der Waals surface area contributed by atoms with Crippen molar-refractivity contribution in [2.75, 3.05) is 11.9 Å². The highest BCUT2D eigenvalue weighted by Crippen LogP contribution is 2.29. The normalized spacial score (nSPS) is 21.8. The molecular weight excluding hydrogens is 276 g/mol. The van der Waals surface area contributed by atoms with E-state index in [1.165, 1.54) is 0 Å². The lowest BCUT2D eigenvalue weighted by molar-refractivity contribution is -0.117. The van der Waals surface area contributed by atoms with Crippen LogP contribution in [0.4, 0.5) is 5.69 Å². The van der Waals surface area contributed by atoms with E-state index >= 15 is 0 Å². The largest absolute Gasteiger partial charge is 0.492 e. The van der Waals surface area contributed by atoms with Gasteiger partial charge in [0.15, 0.2) is 0 Å². The highest BCUT2D eigenvalue weighted by atomic mass is 35.5. The summed E-state index contributed by atoms with van der Waals surface area (Å²) in [6, 6.07) is 5.43. The molecule has 1 aromatic rings. The second kappa shape index (κ2) is 6.95. The number of nitrogens with two attached hydrogens (primary N) is 1. The van der Waals surface area contributed by atoms with Crippen LogP contribution >= 0.6 is 11.6 Å². The molecule has 2 atom stereocenters. The van der Waals surface area contributed by atoms with Gasteiger partial charge in [0.05, 0.1) is 11.6 Å². The van der Waals surface area contributed by atoms with Gasteiger partial charge in [-0.25, -0.2) is 0 Å². The highest BCUT2D eigenvalue weighted by molar-refractivity contribution is 6.32. The Bertz CT molecular complexity index is 479. The number of halogens is 1. The van der Waals surface area contributed by atoms with Crippen molar-refractivity contribution in [2.45, 2.75) is 38.6 Å². The summed E-state index contributed by atoms with van der Waals surface area (Å²) in [5, 5.41) is 3.37. The predicted molar refractivity (Wildman–Crippen MR) is 81.2 cm³/mol. The van der Waals surface area contributed by atoms with E-state index in [2.05, 4.69) is 5.32 Å². The number of anilines is 1. The number of hydrogen-bond acceptors (Lipinski definition) is 3. The molecule has 3 N–H and O–H groups in total. The van der Waals surface area contributed by atoms with E-state index in [1.54, 1.807) is 18.2 Å². The molecule has 5 heteroatoms. The Labute approximate surface area is 124 Å². The lowest BCUT2D eigenvalue weighted by Crippen LogP contribution is -2.28. The van der Waals surface area contributed by atoms with Gasteiger partial charge in [0.1, 0.15) is 5.75 Å². The molecule has 0 unspecified atom stereocenters. The van der Waals surface area contributed by atoms with E-state index in [9.17, 15) is 4.79 Å². The first kappa shape index (κ1) is 15.1. The molecule has 0 heterocycles. The molecule has 1 aromatic carbocycles. The average Bonchev–Trinajstić information content (AvgIpc) is 2.78. The quantitative estimate of drug-likeness (QED) is 0.877. The fourth-order valence-electron chi connectivity index (χ4n) is 2.62. The van der Waals surface area contributed by atoms with Crippen molar-refractivity contribution in [3.8, 4) is 5.75 Å². The molecule has 4 nitrogen and oxygen atoms in total. The minimum Gasteiger partial charge on any atom is -0.492 e. The second-order valence-electron chi connectivity index (χ2n) is 5.19. The van der Waals surface area contributed by atoms with Crippen molar-refractivity contribution in [1.82, 2.24) is 0 Å². The van der Waals surface area contributed by atoms with Gasteiger partial charge < -0.3 is 15.8 Å². The van der Waals surface area contributed by atoms with Crippen molar-refractivity contribution in [3.05, 3.63) is 23.2 Å². The third-order valence-electron chi connectivity index (χ3n) is 3.68. The summed E-state index contributed by atoms with van der Waals surface area (Å²) in [4.78, 5) is 12.0. The fraction of sp³-hybridized carbons (Fsp3) is 0.533. The van der Waals surface area contributed by atoms with Crippen LogP contribution in [0.1, 0.15) is 32.6 Å². The fourth-order valence-corrected chi connectivity index (χ4v) is 2.86. The second-order valence-corrected chi connectivity index (χ2v) is 5.59. The van der Waals surface area contributed by atoms with Crippen molar-refractivity contribution in [2.24, 2.45) is 11.7 Å². The van der Waals surface area contributed by atoms with Crippen LogP contribution in [0.5, 0.6) is 5.75 Å². The van der Waals surface area contributed by atoms with Gasteiger partial charge in [0.2, 0.25) is 5.91 Å². The van der Waals surface area contributed by atoms with E-state index in [0.717, 1.165) is 19.3 Å². The van der Waals surface area contributed by atoms with Gasteiger partial charge >= 0.3 is 0 Å². The first-order chi connectivity index (χ1) is 9.60. The molecule has 1 saturated carbocycles. The zero-order chi connectivity index (χ0) is 14.5. The summed E-state index contributed by atoms with van der Waals surface area (Å²) < 4.78 is 5.36. The standard InChI is InChI=1S/C15H21ClN2O2/c1-2-20-14-7-6-11(9-12(14)16)18-15(19)8-10-4-3-5-13(10)17/h6-7,9-10,13H,2-5,8,17H2,1H3,(H,18,19)/t10-,13+/m0/s1. The summed E-state index contributed by atoms with van der Waals surface area (Å²) in [5.41, 5.74) is 6.67. The third kappa shape index (κ3) is 3.87. The molecule has 20 heavy (non-hydrogen) atoms. The molecule has 0 aromatic heterocycles. The molecule has 0 spiro atoms. The Kier molecular flexibility index (Phi) is 5.26. The van der Waals surface area contributed by atoms with Crippen molar-refractivity contribution < 1.29 is 9.53 Å². The van der Waals surface area contributed by atoms with Crippen LogP contribution in [-0.4, -0.2) is 18.6 Å². The Morgan fingerprint density at radius 1 is 1.50 bits per heavy atom. The van der Waals surface area contributed by atoms with Gasteiger partial charge in [-0.1, -0.05) is 18.0 Å². The number of benzene rings is 1. The maximum Gasteiger partial charge on any atom is 0.224 e.